The molecule has 2 heterocycles. The van der Waals surface area contributed by atoms with Gasteiger partial charge in [-0.2, -0.15) is 5.10 Å². The van der Waals surface area contributed by atoms with Crippen LogP contribution in [-0.4, -0.2) is 36.0 Å². The summed E-state index contributed by atoms with van der Waals surface area (Å²) in [5.74, 6) is -0.203. The molecule has 9 heteroatoms. The number of carbonyl (C=O) groups is 1. The number of hydrogen-bond acceptors (Lipinski definition) is 5. The second-order valence-electron chi connectivity index (χ2n) is 7.75. The van der Waals surface area contributed by atoms with Crippen molar-refractivity contribution in [2.45, 2.75) is 38.5 Å². The molecule has 0 aliphatic rings. The molecule has 8 nitrogen and oxygen atoms in total. The number of nitrogens with zero attached hydrogens (tertiary/aromatic N) is 3. The SMILES string of the molecule is CNS(=O)(=O)c1cc(NC(=O)CCc2c(C)nc3c4ccccc4nn3c2C)ccc1C. The standard InChI is InChI=1S/C23H25N5O3S/c1-14-9-10-17(13-21(14)32(30,31)24-4)26-22(29)12-11-18-15(2)25-23-19-7-5-6-8-20(19)27-28(23)16(18)3/h5-10,13,24H,11-12H2,1-4H3,(H,26,29). The molecular weight excluding hydrogens is 426 g/mol. The summed E-state index contributed by atoms with van der Waals surface area (Å²) < 4.78 is 28.5. The molecule has 0 unspecified atom stereocenters. The van der Waals surface area contributed by atoms with Crippen LogP contribution in [0.15, 0.2) is 47.4 Å². The van der Waals surface area contributed by atoms with E-state index >= 15 is 0 Å². The Labute approximate surface area is 186 Å². The molecule has 0 bridgehead atoms. The maximum atomic E-state index is 12.6. The number of aryl methyl sites for hydroxylation is 3. The number of amides is 1. The van der Waals surface area contributed by atoms with Crippen LogP contribution in [0.2, 0.25) is 0 Å². The number of sulfonamides is 1. The van der Waals surface area contributed by atoms with E-state index in [0.717, 1.165) is 33.5 Å². The van der Waals surface area contributed by atoms with E-state index in [1.165, 1.54) is 13.1 Å². The van der Waals surface area contributed by atoms with Crippen LogP contribution in [0.3, 0.4) is 0 Å². The third kappa shape index (κ3) is 3.96. The molecule has 0 atom stereocenters. The van der Waals surface area contributed by atoms with Crippen molar-refractivity contribution in [2.24, 2.45) is 0 Å². The van der Waals surface area contributed by atoms with E-state index in [-0.39, 0.29) is 17.2 Å². The number of aromatic nitrogens is 3. The van der Waals surface area contributed by atoms with Gasteiger partial charge in [-0.25, -0.2) is 22.6 Å². The molecule has 4 aromatic rings. The lowest BCUT2D eigenvalue weighted by atomic mass is 10.1. The topological polar surface area (TPSA) is 105 Å². The lowest BCUT2D eigenvalue weighted by Crippen LogP contribution is -2.20. The van der Waals surface area contributed by atoms with Crippen LogP contribution in [0, 0.1) is 20.8 Å². The van der Waals surface area contributed by atoms with Gasteiger partial charge in [0.25, 0.3) is 0 Å². The Morgan fingerprint density at radius 3 is 2.59 bits per heavy atom. The maximum Gasteiger partial charge on any atom is 0.240 e. The lowest BCUT2D eigenvalue weighted by Gasteiger charge is -2.12. The Morgan fingerprint density at radius 2 is 1.84 bits per heavy atom. The predicted octanol–water partition coefficient (Wildman–Crippen LogP) is 3.29. The number of benzene rings is 2. The maximum absolute atomic E-state index is 12.6. The molecule has 0 fully saturated rings. The first-order chi connectivity index (χ1) is 15.2. The van der Waals surface area contributed by atoms with E-state index in [1.807, 2.05) is 42.6 Å². The summed E-state index contributed by atoms with van der Waals surface area (Å²) in [5.41, 5.74) is 5.53. The van der Waals surface area contributed by atoms with Crippen molar-refractivity contribution in [3.8, 4) is 0 Å². The first kappa shape index (κ1) is 21.9. The van der Waals surface area contributed by atoms with E-state index in [4.69, 9.17) is 4.98 Å². The van der Waals surface area contributed by atoms with E-state index in [2.05, 4.69) is 15.1 Å². The van der Waals surface area contributed by atoms with Crippen LogP contribution >= 0.6 is 0 Å². The minimum atomic E-state index is -3.60. The van der Waals surface area contributed by atoms with E-state index in [0.29, 0.717) is 17.7 Å². The minimum absolute atomic E-state index is 0.143. The number of nitrogens with one attached hydrogen (secondary N) is 2. The van der Waals surface area contributed by atoms with Gasteiger partial charge in [-0.3, -0.25) is 4.79 Å². The fraction of sp³-hybridized carbons (Fsp3) is 0.261. The van der Waals surface area contributed by atoms with Crippen LogP contribution in [-0.2, 0) is 21.2 Å². The predicted molar refractivity (Wildman–Crippen MR) is 124 cm³/mol. The number of anilines is 1. The second kappa shape index (κ2) is 8.33. The number of carbonyl (C=O) groups excluding carboxylic acids is 1. The average Bonchev–Trinajstić information content (AvgIpc) is 3.13. The number of fused-ring (bicyclic) bond motifs is 3. The molecule has 32 heavy (non-hydrogen) atoms. The molecule has 4 rings (SSSR count). The van der Waals surface area contributed by atoms with E-state index < -0.39 is 10.0 Å². The highest BCUT2D eigenvalue weighted by Gasteiger charge is 2.17. The molecule has 0 saturated heterocycles. The first-order valence-electron chi connectivity index (χ1n) is 10.3. The summed E-state index contributed by atoms with van der Waals surface area (Å²) in [6, 6.07) is 12.7. The van der Waals surface area contributed by atoms with Gasteiger partial charge < -0.3 is 5.32 Å². The van der Waals surface area contributed by atoms with Gasteiger partial charge in [-0.1, -0.05) is 18.2 Å². The summed E-state index contributed by atoms with van der Waals surface area (Å²) in [5, 5.41) is 8.45. The fourth-order valence-corrected chi connectivity index (χ4v) is 4.87. The van der Waals surface area contributed by atoms with Crippen molar-refractivity contribution in [3.63, 3.8) is 0 Å². The zero-order valence-electron chi connectivity index (χ0n) is 18.4. The van der Waals surface area contributed by atoms with Crippen molar-refractivity contribution in [1.29, 1.82) is 0 Å². The highest BCUT2D eigenvalue weighted by Crippen LogP contribution is 2.24. The molecule has 1 amide bonds. The molecule has 0 aliphatic carbocycles. The summed E-state index contributed by atoms with van der Waals surface area (Å²) >= 11 is 0. The lowest BCUT2D eigenvalue weighted by molar-refractivity contribution is -0.116. The Morgan fingerprint density at radius 1 is 1.09 bits per heavy atom. The Bertz CT molecular complexity index is 1460. The third-order valence-corrected chi connectivity index (χ3v) is 7.21. The zero-order valence-corrected chi connectivity index (χ0v) is 19.2. The second-order valence-corrected chi connectivity index (χ2v) is 9.60. The van der Waals surface area contributed by atoms with Gasteiger partial charge in [0, 0.05) is 28.9 Å². The largest absolute Gasteiger partial charge is 0.326 e. The monoisotopic (exact) mass is 451 g/mol. The van der Waals surface area contributed by atoms with Crippen LogP contribution in [0.4, 0.5) is 5.69 Å². The van der Waals surface area contributed by atoms with Gasteiger partial charge in [0.15, 0.2) is 5.65 Å². The van der Waals surface area contributed by atoms with E-state index in [9.17, 15) is 13.2 Å². The van der Waals surface area contributed by atoms with Crippen LogP contribution in [0.25, 0.3) is 16.6 Å². The van der Waals surface area contributed by atoms with Crippen molar-refractivity contribution < 1.29 is 13.2 Å². The molecule has 0 radical (unpaired) electrons. The number of rotatable bonds is 6. The Kier molecular flexibility index (Phi) is 5.70. The van der Waals surface area contributed by atoms with Crippen molar-refractivity contribution in [2.75, 3.05) is 12.4 Å². The van der Waals surface area contributed by atoms with Gasteiger partial charge in [0.1, 0.15) is 0 Å². The molecule has 2 N–H and O–H groups in total. The molecule has 166 valence electrons. The van der Waals surface area contributed by atoms with Crippen LogP contribution in [0.1, 0.15) is 28.9 Å². The molecule has 0 spiro atoms. The van der Waals surface area contributed by atoms with Gasteiger partial charge in [-0.15, -0.1) is 0 Å². The summed E-state index contributed by atoms with van der Waals surface area (Å²) in [6.07, 6.45) is 0.730. The molecule has 2 aromatic carbocycles. The summed E-state index contributed by atoms with van der Waals surface area (Å²) in [6.45, 7) is 5.63. The van der Waals surface area contributed by atoms with Crippen molar-refractivity contribution in [1.82, 2.24) is 19.3 Å². The Balaban J connectivity index is 1.55. The quantitative estimate of drug-likeness (QED) is 0.468. The highest BCUT2D eigenvalue weighted by atomic mass is 32.2. The van der Waals surface area contributed by atoms with Gasteiger partial charge in [-0.05, 0) is 69.6 Å². The normalized spacial score (nSPS) is 11.9. The van der Waals surface area contributed by atoms with E-state index in [1.54, 1.807) is 19.1 Å². The Hall–Kier alpha value is -3.30. The summed E-state index contributed by atoms with van der Waals surface area (Å²) in [4.78, 5) is 17.5. The van der Waals surface area contributed by atoms with Gasteiger partial charge >= 0.3 is 0 Å². The number of hydrogen-bond donors (Lipinski definition) is 2. The van der Waals surface area contributed by atoms with Crippen LogP contribution < -0.4 is 10.0 Å². The van der Waals surface area contributed by atoms with Crippen molar-refractivity contribution >= 4 is 38.2 Å². The molecular formula is C23H25N5O3S. The minimum Gasteiger partial charge on any atom is -0.326 e. The average molecular weight is 452 g/mol. The van der Waals surface area contributed by atoms with Crippen LogP contribution in [0.5, 0.6) is 0 Å². The molecule has 0 aliphatic heterocycles. The fourth-order valence-electron chi connectivity index (χ4n) is 3.88. The summed E-state index contributed by atoms with van der Waals surface area (Å²) in [7, 11) is -2.25. The molecule has 2 aromatic heterocycles. The smallest absolute Gasteiger partial charge is 0.240 e. The van der Waals surface area contributed by atoms with Gasteiger partial charge in [0.2, 0.25) is 15.9 Å². The van der Waals surface area contributed by atoms with Gasteiger partial charge in [0.05, 0.1) is 10.4 Å². The third-order valence-electron chi connectivity index (χ3n) is 5.65. The molecule has 0 saturated carbocycles. The van der Waals surface area contributed by atoms with Crippen molar-refractivity contribution in [3.05, 3.63) is 65.0 Å². The highest BCUT2D eigenvalue weighted by molar-refractivity contribution is 7.89. The zero-order chi connectivity index (χ0) is 23.0. The first-order valence-corrected chi connectivity index (χ1v) is 11.8.